The number of anilines is 1. The number of carbonyl (C=O) groups excluding carboxylic acids is 1. The number of halogens is 1. The molecule has 6 nitrogen and oxygen atoms in total. The van der Waals surface area contributed by atoms with Crippen molar-refractivity contribution in [3.63, 3.8) is 0 Å². The van der Waals surface area contributed by atoms with Gasteiger partial charge < -0.3 is 20.5 Å². The van der Waals surface area contributed by atoms with E-state index in [0.717, 1.165) is 19.5 Å². The number of carbonyl (C=O) groups is 1. The zero-order valence-corrected chi connectivity index (χ0v) is 14.5. The molecule has 1 aliphatic heterocycles. The van der Waals surface area contributed by atoms with Gasteiger partial charge in [0.1, 0.15) is 5.75 Å². The number of nitrogen functional groups attached to an aromatic ring is 1. The number of benzene rings is 1. The van der Waals surface area contributed by atoms with Gasteiger partial charge in [-0.1, -0.05) is 21.0 Å². The molecule has 0 radical (unpaired) electrons. The number of nitrogens with two attached hydrogens (primary N) is 1. The van der Waals surface area contributed by atoms with Gasteiger partial charge in [-0.15, -0.1) is 0 Å². The standard InChI is InChI=1S/C14H21ClN3O3P/c1-20-12-6-10(16)9(15)5-8(12)14(19)17-11-3-4-18(22)7-13(11)21-2/h5-6,11,13H,3-4,7,16,22H2,1-2H3,(H,17,19)/t11-,13+/m1/s1. The van der Waals surface area contributed by atoms with Crippen molar-refractivity contribution in [2.24, 2.45) is 0 Å². The minimum Gasteiger partial charge on any atom is -0.496 e. The number of hydrogen-bond donors (Lipinski definition) is 2. The fraction of sp³-hybridized carbons (Fsp3) is 0.500. The van der Waals surface area contributed by atoms with Gasteiger partial charge in [-0.05, 0) is 12.5 Å². The van der Waals surface area contributed by atoms with Crippen LogP contribution < -0.4 is 15.8 Å². The van der Waals surface area contributed by atoms with Crippen LogP contribution in [0.3, 0.4) is 0 Å². The molecule has 1 aromatic carbocycles. The van der Waals surface area contributed by atoms with E-state index in [0.29, 0.717) is 22.0 Å². The number of rotatable bonds is 4. The van der Waals surface area contributed by atoms with Crippen molar-refractivity contribution in [2.45, 2.75) is 18.6 Å². The van der Waals surface area contributed by atoms with Crippen molar-refractivity contribution in [2.75, 3.05) is 33.0 Å². The summed E-state index contributed by atoms with van der Waals surface area (Å²) in [6.45, 7) is 1.61. The summed E-state index contributed by atoms with van der Waals surface area (Å²) in [5.41, 5.74) is 6.48. The van der Waals surface area contributed by atoms with Crippen LogP contribution in [0.5, 0.6) is 5.75 Å². The lowest BCUT2D eigenvalue weighted by Crippen LogP contribution is -2.52. The Labute approximate surface area is 137 Å². The van der Waals surface area contributed by atoms with Gasteiger partial charge >= 0.3 is 0 Å². The predicted octanol–water partition coefficient (Wildman–Crippen LogP) is 1.54. The van der Waals surface area contributed by atoms with E-state index in [9.17, 15) is 4.79 Å². The largest absolute Gasteiger partial charge is 0.496 e. The fourth-order valence-corrected chi connectivity index (χ4v) is 3.03. The summed E-state index contributed by atoms with van der Waals surface area (Å²) in [5, 5.41) is 3.33. The normalized spacial score (nSPS) is 22.4. The average Bonchev–Trinajstić information content (AvgIpc) is 2.51. The topological polar surface area (TPSA) is 76.8 Å². The van der Waals surface area contributed by atoms with Gasteiger partial charge in [-0.2, -0.15) is 0 Å². The quantitative estimate of drug-likeness (QED) is 0.639. The van der Waals surface area contributed by atoms with Crippen LogP contribution in [0.15, 0.2) is 12.1 Å². The first-order valence-electron chi connectivity index (χ1n) is 6.92. The highest BCUT2D eigenvalue weighted by atomic mass is 35.5. The lowest BCUT2D eigenvalue weighted by molar-refractivity contribution is 0.0301. The van der Waals surface area contributed by atoms with Crippen molar-refractivity contribution in [1.82, 2.24) is 9.99 Å². The SMILES string of the molecule is COc1cc(N)c(Cl)cc1C(=O)N[C@@H]1CCN(P)C[C@@H]1OC. The van der Waals surface area contributed by atoms with Gasteiger partial charge in [-0.3, -0.25) is 9.46 Å². The second kappa shape index (κ2) is 7.47. The second-order valence-electron chi connectivity index (χ2n) is 5.21. The van der Waals surface area contributed by atoms with Gasteiger partial charge in [0.05, 0.1) is 35.5 Å². The summed E-state index contributed by atoms with van der Waals surface area (Å²) in [6, 6.07) is 3.02. The zero-order chi connectivity index (χ0) is 16.3. The van der Waals surface area contributed by atoms with Gasteiger partial charge in [0.2, 0.25) is 0 Å². The van der Waals surface area contributed by atoms with Crippen LogP contribution in [-0.4, -0.2) is 50.0 Å². The number of amides is 1. The Bertz CT molecular complexity index is 558. The maximum Gasteiger partial charge on any atom is 0.255 e. The summed E-state index contributed by atoms with van der Waals surface area (Å²) < 4.78 is 12.8. The predicted molar refractivity (Wildman–Crippen MR) is 90.4 cm³/mol. The molecule has 1 saturated heterocycles. The molecule has 0 saturated carbocycles. The molecular formula is C14H21ClN3O3P. The van der Waals surface area contributed by atoms with Crippen molar-refractivity contribution in [3.8, 4) is 5.75 Å². The number of ether oxygens (including phenoxy) is 2. The van der Waals surface area contributed by atoms with E-state index in [2.05, 4.69) is 19.4 Å². The molecule has 8 heteroatoms. The van der Waals surface area contributed by atoms with E-state index in [1.807, 2.05) is 0 Å². The van der Waals surface area contributed by atoms with E-state index >= 15 is 0 Å². The van der Waals surface area contributed by atoms with E-state index < -0.39 is 0 Å². The summed E-state index contributed by atoms with van der Waals surface area (Å²) in [6.07, 6.45) is 0.740. The fourth-order valence-electron chi connectivity index (χ4n) is 2.51. The lowest BCUT2D eigenvalue weighted by Gasteiger charge is -2.36. The van der Waals surface area contributed by atoms with Crippen molar-refractivity contribution in [1.29, 1.82) is 0 Å². The molecule has 0 aliphatic carbocycles. The lowest BCUT2D eigenvalue weighted by atomic mass is 10.0. The first kappa shape index (κ1) is 17.3. The minimum absolute atomic E-state index is 0.0599. The highest BCUT2D eigenvalue weighted by molar-refractivity contribution is 7.13. The Morgan fingerprint density at radius 1 is 1.50 bits per heavy atom. The molecule has 1 aromatic rings. The monoisotopic (exact) mass is 345 g/mol. The first-order chi connectivity index (χ1) is 10.5. The molecule has 1 aliphatic rings. The molecule has 1 heterocycles. The molecule has 0 bridgehead atoms. The number of piperidine rings is 1. The number of nitrogens with zero attached hydrogens (tertiary/aromatic N) is 1. The Kier molecular flexibility index (Phi) is 5.87. The molecule has 2 rings (SSSR count). The highest BCUT2D eigenvalue weighted by Crippen LogP contribution is 2.29. The molecule has 3 atom stereocenters. The first-order valence-corrected chi connectivity index (χ1v) is 7.82. The van der Waals surface area contributed by atoms with Crippen molar-refractivity contribution >= 4 is 32.6 Å². The van der Waals surface area contributed by atoms with Crippen LogP contribution in [0, 0.1) is 0 Å². The molecule has 0 spiro atoms. The molecule has 0 aromatic heterocycles. The summed E-state index contributed by atoms with van der Waals surface area (Å²) in [4.78, 5) is 12.5. The van der Waals surface area contributed by atoms with Crippen molar-refractivity contribution < 1.29 is 14.3 Å². The maximum atomic E-state index is 12.5. The van der Waals surface area contributed by atoms with Crippen molar-refractivity contribution in [3.05, 3.63) is 22.7 Å². The minimum atomic E-state index is -0.247. The van der Waals surface area contributed by atoms with Crippen LogP contribution in [-0.2, 0) is 4.74 Å². The third kappa shape index (κ3) is 3.82. The summed E-state index contributed by atoms with van der Waals surface area (Å²) in [7, 11) is 5.80. The summed E-state index contributed by atoms with van der Waals surface area (Å²) in [5.74, 6) is 0.153. The Balaban J connectivity index is 2.16. The molecule has 122 valence electrons. The Hall–Kier alpha value is -1.07. The van der Waals surface area contributed by atoms with Crippen LogP contribution in [0.1, 0.15) is 16.8 Å². The average molecular weight is 346 g/mol. The molecular weight excluding hydrogens is 325 g/mol. The van der Waals surface area contributed by atoms with Gasteiger partial charge in [0, 0.05) is 26.3 Å². The van der Waals surface area contributed by atoms with Crippen LogP contribution in [0.4, 0.5) is 5.69 Å². The Morgan fingerprint density at radius 3 is 2.86 bits per heavy atom. The van der Waals surface area contributed by atoms with Gasteiger partial charge in [0.25, 0.3) is 5.91 Å². The van der Waals surface area contributed by atoms with Gasteiger partial charge in [0.15, 0.2) is 0 Å². The van der Waals surface area contributed by atoms with Crippen LogP contribution >= 0.6 is 21.0 Å². The van der Waals surface area contributed by atoms with E-state index in [1.165, 1.54) is 13.2 Å². The van der Waals surface area contributed by atoms with E-state index in [-0.39, 0.29) is 18.1 Å². The summed E-state index contributed by atoms with van der Waals surface area (Å²) >= 11 is 6.01. The van der Waals surface area contributed by atoms with Gasteiger partial charge in [-0.25, -0.2) is 0 Å². The number of nitrogens with one attached hydrogen (secondary N) is 1. The van der Waals surface area contributed by atoms with Crippen LogP contribution in [0.25, 0.3) is 0 Å². The molecule has 1 unspecified atom stereocenters. The smallest absolute Gasteiger partial charge is 0.255 e. The highest BCUT2D eigenvalue weighted by Gasteiger charge is 2.30. The van der Waals surface area contributed by atoms with E-state index in [1.54, 1.807) is 13.2 Å². The Morgan fingerprint density at radius 2 is 2.23 bits per heavy atom. The third-order valence-corrected chi connectivity index (χ3v) is 4.57. The molecule has 22 heavy (non-hydrogen) atoms. The number of methoxy groups -OCH3 is 2. The third-order valence-electron chi connectivity index (χ3n) is 3.77. The van der Waals surface area contributed by atoms with Crippen LogP contribution in [0.2, 0.25) is 5.02 Å². The molecule has 1 amide bonds. The number of hydrogen-bond acceptors (Lipinski definition) is 5. The molecule has 1 fully saturated rings. The molecule has 3 N–H and O–H groups in total. The van der Waals surface area contributed by atoms with E-state index in [4.69, 9.17) is 26.8 Å². The zero-order valence-electron chi connectivity index (χ0n) is 12.6. The maximum absolute atomic E-state index is 12.5. The second-order valence-corrected chi connectivity index (χ2v) is 6.35.